The summed E-state index contributed by atoms with van der Waals surface area (Å²) in [4.78, 5) is 11.0. The lowest BCUT2D eigenvalue weighted by molar-refractivity contribution is 0.112. The van der Waals surface area contributed by atoms with Crippen molar-refractivity contribution in [3.05, 3.63) is 28.8 Å². The fourth-order valence-electron chi connectivity index (χ4n) is 1.26. The first-order valence-electron chi connectivity index (χ1n) is 4.68. The predicted molar refractivity (Wildman–Crippen MR) is 72.5 cm³/mol. The number of carbonyl (C=O) groups excluding carboxylic acids is 1. The van der Waals surface area contributed by atoms with Crippen LogP contribution >= 0.6 is 23.0 Å². The van der Waals surface area contributed by atoms with E-state index in [0.717, 1.165) is 11.8 Å². The monoisotopic (exact) mass is 332 g/mol. The summed E-state index contributed by atoms with van der Waals surface area (Å²) in [6.45, 7) is 1.88. The highest BCUT2D eigenvalue weighted by Gasteiger charge is 2.10. The quantitative estimate of drug-likeness (QED) is 0.368. The normalized spacial score (nSPS) is 10.5. The molecule has 4 nitrogen and oxygen atoms in total. The molecule has 0 saturated carbocycles. The number of aryl methyl sites for hydroxylation is 1. The molecule has 0 radical (unpaired) electrons. The van der Waals surface area contributed by atoms with Crippen molar-refractivity contribution in [1.82, 2.24) is 5.01 Å². The van der Waals surface area contributed by atoms with E-state index in [2.05, 4.69) is 5.10 Å². The Morgan fingerprint density at radius 3 is 2.56 bits per heavy atom. The molecular weight excluding hydrogens is 319 g/mol. The maximum Gasteiger partial charge on any atom is 0.192 e. The van der Waals surface area contributed by atoms with Gasteiger partial charge in [-0.1, -0.05) is 6.07 Å². The molecule has 1 aromatic rings. The maximum atomic E-state index is 11.0. The van der Waals surface area contributed by atoms with E-state index in [4.69, 9.17) is 3.07 Å². The van der Waals surface area contributed by atoms with Gasteiger partial charge in [-0.2, -0.15) is 5.10 Å². The van der Waals surface area contributed by atoms with E-state index < -0.39 is 0 Å². The average Bonchev–Trinajstić information content (AvgIpc) is 2.26. The predicted octanol–water partition coefficient (Wildman–Crippen LogP) is 2.43. The van der Waals surface area contributed by atoms with Crippen molar-refractivity contribution in [3.8, 4) is 5.75 Å². The number of rotatable bonds is 4. The number of aldehydes is 1. The third-order valence-electron chi connectivity index (χ3n) is 2.08. The standard InChI is InChI=1S/C11H13IN2O2/c1-8-4-5-11(16-12)9(10(8)7-15)6-13-14(2)3/h4-7H,1-3H3/b13-6-. The summed E-state index contributed by atoms with van der Waals surface area (Å²) in [6.07, 6.45) is 2.45. The van der Waals surface area contributed by atoms with Crippen molar-refractivity contribution in [1.29, 1.82) is 0 Å². The summed E-state index contributed by atoms with van der Waals surface area (Å²) in [5, 5.41) is 5.78. The zero-order valence-corrected chi connectivity index (χ0v) is 11.6. The molecule has 0 N–H and O–H groups in total. The molecule has 1 rings (SSSR count). The third-order valence-corrected chi connectivity index (χ3v) is 2.56. The van der Waals surface area contributed by atoms with E-state index in [-0.39, 0.29) is 0 Å². The minimum Gasteiger partial charge on any atom is -0.427 e. The van der Waals surface area contributed by atoms with Gasteiger partial charge >= 0.3 is 0 Å². The molecular formula is C11H13IN2O2. The first kappa shape index (κ1) is 13.0. The summed E-state index contributed by atoms with van der Waals surface area (Å²) in [5.41, 5.74) is 2.23. The molecule has 0 amide bonds. The number of hydrogen-bond donors (Lipinski definition) is 0. The second-order valence-corrected chi connectivity index (χ2v) is 3.94. The van der Waals surface area contributed by atoms with Crippen LogP contribution in [0.5, 0.6) is 5.75 Å². The van der Waals surface area contributed by atoms with E-state index in [9.17, 15) is 4.79 Å². The third kappa shape index (κ3) is 2.94. The van der Waals surface area contributed by atoms with Gasteiger partial charge in [0.15, 0.2) is 29.3 Å². The molecule has 0 bridgehead atoms. The number of hydrogen-bond acceptors (Lipinski definition) is 4. The Labute approximate surface area is 109 Å². The Kier molecular flexibility index (Phi) is 4.72. The molecule has 0 aliphatic rings. The topological polar surface area (TPSA) is 41.9 Å². The van der Waals surface area contributed by atoms with Gasteiger partial charge in [0.2, 0.25) is 0 Å². The van der Waals surface area contributed by atoms with Crippen LogP contribution in [0.2, 0.25) is 0 Å². The first-order valence-corrected chi connectivity index (χ1v) is 5.57. The smallest absolute Gasteiger partial charge is 0.192 e. The molecule has 86 valence electrons. The Balaban J connectivity index is 3.30. The van der Waals surface area contributed by atoms with Crippen LogP contribution in [0.15, 0.2) is 17.2 Å². The number of benzene rings is 1. The number of nitrogens with zero attached hydrogens (tertiary/aromatic N) is 2. The van der Waals surface area contributed by atoms with Gasteiger partial charge in [-0.05, 0) is 18.6 Å². The van der Waals surface area contributed by atoms with Gasteiger partial charge in [0.1, 0.15) is 5.75 Å². The van der Waals surface area contributed by atoms with Crippen LogP contribution in [0.25, 0.3) is 0 Å². The van der Waals surface area contributed by atoms with Crippen molar-refractivity contribution in [3.63, 3.8) is 0 Å². The van der Waals surface area contributed by atoms with E-state index in [1.807, 2.05) is 33.2 Å². The molecule has 0 saturated heterocycles. The largest absolute Gasteiger partial charge is 0.427 e. The molecule has 0 fully saturated rings. The highest BCUT2D eigenvalue weighted by molar-refractivity contribution is 14.1. The lowest BCUT2D eigenvalue weighted by Crippen LogP contribution is -2.04. The van der Waals surface area contributed by atoms with Gasteiger partial charge in [-0.25, -0.2) is 0 Å². The molecule has 0 spiro atoms. The summed E-state index contributed by atoms with van der Waals surface area (Å²) < 4.78 is 5.18. The summed E-state index contributed by atoms with van der Waals surface area (Å²) in [5.74, 6) is 0.638. The van der Waals surface area contributed by atoms with Crippen molar-refractivity contribution in [2.75, 3.05) is 14.1 Å². The summed E-state index contributed by atoms with van der Waals surface area (Å²) in [6, 6.07) is 3.68. The Bertz CT molecular complexity index is 417. The van der Waals surface area contributed by atoms with Crippen LogP contribution in [-0.2, 0) is 0 Å². The number of hydrazone groups is 1. The van der Waals surface area contributed by atoms with Gasteiger partial charge in [0.25, 0.3) is 0 Å². The van der Waals surface area contributed by atoms with E-state index >= 15 is 0 Å². The van der Waals surface area contributed by atoms with E-state index in [1.54, 1.807) is 34.2 Å². The molecule has 16 heavy (non-hydrogen) atoms. The Morgan fingerprint density at radius 2 is 2.06 bits per heavy atom. The van der Waals surface area contributed by atoms with E-state index in [1.165, 1.54) is 0 Å². The van der Waals surface area contributed by atoms with Gasteiger partial charge in [-0.15, -0.1) is 0 Å². The number of halogens is 1. The summed E-state index contributed by atoms with van der Waals surface area (Å²) >= 11 is 1.79. The lowest BCUT2D eigenvalue weighted by Gasteiger charge is -2.09. The van der Waals surface area contributed by atoms with Gasteiger partial charge in [0.05, 0.1) is 6.21 Å². The minimum atomic E-state index is 0.611. The van der Waals surface area contributed by atoms with Crippen LogP contribution in [0.4, 0.5) is 0 Å². The van der Waals surface area contributed by atoms with Crippen LogP contribution in [-0.4, -0.2) is 31.6 Å². The van der Waals surface area contributed by atoms with E-state index in [0.29, 0.717) is 16.9 Å². The lowest BCUT2D eigenvalue weighted by atomic mass is 10.0. The molecule has 0 aliphatic carbocycles. The molecule has 1 aromatic carbocycles. The zero-order valence-electron chi connectivity index (χ0n) is 9.40. The van der Waals surface area contributed by atoms with Crippen LogP contribution < -0.4 is 3.07 Å². The van der Waals surface area contributed by atoms with Crippen LogP contribution in [0.3, 0.4) is 0 Å². The first-order chi connectivity index (χ1) is 7.60. The van der Waals surface area contributed by atoms with Crippen LogP contribution in [0, 0.1) is 6.92 Å². The highest BCUT2D eigenvalue weighted by Crippen LogP contribution is 2.24. The molecule has 0 heterocycles. The van der Waals surface area contributed by atoms with Crippen molar-refractivity contribution in [2.24, 2.45) is 5.10 Å². The Morgan fingerprint density at radius 1 is 1.38 bits per heavy atom. The molecule has 0 aromatic heterocycles. The average molecular weight is 332 g/mol. The molecule has 5 heteroatoms. The fraction of sp³-hybridized carbons (Fsp3) is 0.273. The van der Waals surface area contributed by atoms with Crippen molar-refractivity contribution in [2.45, 2.75) is 6.92 Å². The minimum absolute atomic E-state index is 0.611. The zero-order chi connectivity index (χ0) is 12.1. The second-order valence-electron chi connectivity index (χ2n) is 3.49. The second kappa shape index (κ2) is 5.83. The maximum absolute atomic E-state index is 11.0. The molecule has 0 atom stereocenters. The molecule has 0 unspecified atom stereocenters. The Hall–Kier alpha value is -1.11. The molecule has 0 aliphatic heterocycles. The van der Waals surface area contributed by atoms with Crippen molar-refractivity contribution < 1.29 is 7.86 Å². The highest BCUT2D eigenvalue weighted by atomic mass is 127. The SMILES string of the molecule is Cc1ccc(OI)c(/C=N\N(C)C)c1C=O. The van der Waals surface area contributed by atoms with Gasteiger partial charge in [0, 0.05) is 25.2 Å². The fourth-order valence-corrected chi connectivity index (χ4v) is 1.64. The number of carbonyl (C=O) groups is 1. The van der Waals surface area contributed by atoms with Crippen molar-refractivity contribution >= 4 is 35.5 Å². The summed E-state index contributed by atoms with van der Waals surface area (Å²) in [7, 11) is 3.63. The van der Waals surface area contributed by atoms with Crippen LogP contribution in [0.1, 0.15) is 21.5 Å². The van der Waals surface area contributed by atoms with Gasteiger partial charge in [-0.3, -0.25) is 4.79 Å². The van der Waals surface area contributed by atoms with Gasteiger partial charge < -0.3 is 8.08 Å².